The molecule has 2 aliphatic carbocycles. The number of rotatable bonds is 11. The summed E-state index contributed by atoms with van der Waals surface area (Å²) in [6.07, 6.45) is 3.57. The number of carbonyl (C=O) groups is 5. The third kappa shape index (κ3) is 6.12. The van der Waals surface area contributed by atoms with Crippen LogP contribution in [0.5, 0.6) is 11.5 Å². The Balaban J connectivity index is 1.37. The van der Waals surface area contributed by atoms with Crippen LogP contribution in [0.2, 0.25) is 15.1 Å². The summed E-state index contributed by atoms with van der Waals surface area (Å²) in [7, 11) is 1.52. The number of benzene rings is 3. The number of unbranched alkanes of at least 4 members (excludes halogenated alkanes) is 2. The number of hydrogen-bond acceptors (Lipinski definition) is 8. The van der Waals surface area contributed by atoms with Crippen LogP contribution in [0.15, 0.2) is 72.3 Å². The average Bonchev–Trinajstić information content (AvgIpc) is 3.50. The van der Waals surface area contributed by atoms with Crippen molar-refractivity contribution in [2.24, 2.45) is 23.7 Å². The lowest BCUT2D eigenvalue weighted by atomic mass is 9.49. The van der Waals surface area contributed by atoms with Crippen LogP contribution in [-0.2, 0) is 29.4 Å². The lowest BCUT2D eigenvalue weighted by Gasteiger charge is -2.50. The number of phenolic OH excluding ortho intramolecular Hbond substituents is 1. The van der Waals surface area contributed by atoms with Crippen LogP contribution < -0.4 is 10.2 Å². The molecule has 2 saturated heterocycles. The fourth-order valence-corrected chi connectivity index (χ4v) is 9.58. The van der Waals surface area contributed by atoms with Gasteiger partial charge in [0.1, 0.15) is 11.5 Å². The molecule has 0 radical (unpaired) electrons. The number of carbonyl (C=O) groups excluding carboxylic acids is 4. The van der Waals surface area contributed by atoms with Crippen LogP contribution in [0.25, 0.3) is 0 Å². The SMILES string of the molecule is COc1ccc([C@@]23C(=O)N(Nc4ccc(Cl)cc4Cl)C(=O)[C@@H]2C[C@@H]2C(=CC[C@@H]4C(=O)N(CCCCCC(=O)O)C(=O)[C@@H]42)[C@@H]3c2cc(Cl)ccc2O)cc1. The van der Waals surface area contributed by atoms with E-state index in [0.29, 0.717) is 46.7 Å². The molecule has 276 valence electrons. The Morgan fingerprint density at radius 2 is 1.62 bits per heavy atom. The molecule has 3 aromatic carbocycles. The first-order valence-corrected chi connectivity index (χ1v) is 18.5. The largest absolute Gasteiger partial charge is 0.508 e. The van der Waals surface area contributed by atoms with Gasteiger partial charge < -0.3 is 14.9 Å². The Kier molecular flexibility index (Phi) is 9.95. The van der Waals surface area contributed by atoms with Gasteiger partial charge in [-0.3, -0.25) is 34.3 Å². The molecule has 6 atom stereocenters. The van der Waals surface area contributed by atoms with Crippen molar-refractivity contribution in [1.82, 2.24) is 9.91 Å². The Hall–Kier alpha value is -4.58. The van der Waals surface area contributed by atoms with Crippen molar-refractivity contribution in [3.05, 3.63) is 98.5 Å². The summed E-state index contributed by atoms with van der Waals surface area (Å²) in [5.74, 6) is -6.57. The zero-order valence-corrected chi connectivity index (χ0v) is 30.8. The standard InChI is InChI=1S/C39H36Cl3N3O8/c1-53-23-10-6-20(7-11-23)39-28(36(50)45(38(39)52)43-30-14-8-22(41)18-29(30)42)19-26-24(34(39)27-17-21(40)9-15-31(27)46)12-13-25-33(26)37(51)44(35(25)49)16-4-2-3-5-32(47)48/h6-12,14-15,17-18,25-26,28,33-34,43,46H,2-5,13,16,19H2,1H3,(H,47,48)/t25-,26+,28-,33-,34+,39+/m0/s1. The number of carboxylic acids is 1. The molecule has 3 aromatic rings. The molecule has 2 aliphatic heterocycles. The molecule has 4 amide bonds. The van der Waals surface area contributed by atoms with Gasteiger partial charge in [0, 0.05) is 34.5 Å². The van der Waals surface area contributed by atoms with E-state index in [1.165, 1.54) is 30.2 Å². The van der Waals surface area contributed by atoms with E-state index < -0.39 is 52.8 Å². The predicted octanol–water partition coefficient (Wildman–Crippen LogP) is 6.99. The summed E-state index contributed by atoms with van der Waals surface area (Å²) >= 11 is 19.2. The predicted molar refractivity (Wildman–Crippen MR) is 197 cm³/mol. The fraction of sp³-hybridized carbons (Fsp3) is 0.359. The van der Waals surface area contributed by atoms with Crippen molar-refractivity contribution >= 4 is 70.1 Å². The van der Waals surface area contributed by atoms with E-state index in [-0.39, 0.29) is 59.1 Å². The van der Waals surface area contributed by atoms with E-state index >= 15 is 4.79 Å². The number of halogens is 3. The zero-order valence-electron chi connectivity index (χ0n) is 28.6. The van der Waals surface area contributed by atoms with Crippen LogP contribution in [-0.4, -0.2) is 63.4 Å². The minimum atomic E-state index is -1.65. The second kappa shape index (κ2) is 14.3. The maximum absolute atomic E-state index is 15.3. The number of ether oxygens (including phenoxy) is 1. The van der Waals surface area contributed by atoms with E-state index in [9.17, 15) is 24.3 Å². The number of methoxy groups -OCH3 is 1. The summed E-state index contributed by atoms with van der Waals surface area (Å²) in [5, 5.41) is 22.3. The molecule has 0 unspecified atom stereocenters. The van der Waals surface area contributed by atoms with Crippen molar-refractivity contribution in [2.75, 3.05) is 19.1 Å². The number of hydrogen-bond donors (Lipinski definition) is 3. The fourth-order valence-electron chi connectivity index (χ4n) is 8.95. The number of nitrogens with zero attached hydrogens (tertiary/aromatic N) is 2. The molecule has 53 heavy (non-hydrogen) atoms. The van der Waals surface area contributed by atoms with E-state index in [0.717, 1.165) is 5.01 Å². The van der Waals surface area contributed by atoms with Gasteiger partial charge in [-0.25, -0.2) is 0 Å². The Morgan fingerprint density at radius 3 is 2.32 bits per heavy atom. The van der Waals surface area contributed by atoms with Crippen molar-refractivity contribution in [2.45, 2.75) is 49.9 Å². The van der Waals surface area contributed by atoms with Gasteiger partial charge in [0.25, 0.3) is 11.8 Å². The molecule has 7 rings (SSSR count). The summed E-state index contributed by atoms with van der Waals surface area (Å²) < 4.78 is 5.43. The first-order chi connectivity index (χ1) is 25.4. The molecule has 0 aromatic heterocycles. The first-order valence-electron chi connectivity index (χ1n) is 17.4. The molecular formula is C39H36Cl3N3O8. The van der Waals surface area contributed by atoms with Gasteiger partial charge >= 0.3 is 5.97 Å². The number of likely N-dealkylation sites (tertiary alicyclic amines) is 1. The molecule has 14 heteroatoms. The summed E-state index contributed by atoms with van der Waals surface area (Å²) in [4.78, 5) is 70.5. The number of phenols is 1. The first kappa shape index (κ1) is 36.8. The van der Waals surface area contributed by atoms with Gasteiger partial charge in [-0.15, -0.1) is 0 Å². The van der Waals surface area contributed by atoms with Crippen molar-refractivity contribution in [3.63, 3.8) is 0 Å². The van der Waals surface area contributed by atoms with Gasteiger partial charge in [-0.1, -0.05) is 65.0 Å². The monoisotopic (exact) mass is 779 g/mol. The van der Waals surface area contributed by atoms with Gasteiger partial charge in [-0.2, -0.15) is 5.01 Å². The van der Waals surface area contributed by atoms with Crippen LogP contribution >= 0.6 is 34.8 Å². The lowest BCUT2D eigenvalue weighted by Crippen LogP contribution is -2.53. The third-order valence-electron chi connectivity index (χ3n) is 11.2. The van der Waals surface area contributed by atoms with Gasteiger partial charge in [0.15, 0.2) is 0 Å². The average molecular weight is 781 g/mol. The van der Waals surface area contributed by atoms with Crippen LogP contribution in [0.3, 0.4) is 0 Å². The highest BCUT2D eigenvalue weighted by molar-refractivity contribution is 6.36. The number of imide groups is 2. The smallest absolute Gasteiger partial charge is 0.303 e. The Labute approximate surface area is 320 Å². The second-order valence-electron chi connectivity index (χ2n) is 13.9. The molecule has 0 bridgehead atoms. The number of aromatic hydroxyl groups is 1. The van der Waals surface area contributed by atoms with E-state index in [2.05, 4.69) is 5.43 Å². The van der Waals surface area contributed by atoms with Crippen LogP contribution in [0.1, 0.15) is 55.6 Å². The van der Waals surface area contributed by atoms with Gasteiger partial charge in [0.05, 0.1) is 41.0 Å². The molecule has 1 saturated carbocycles. The second-order valence-corrected chi connectivity index (χ2v) is 15.2. The van der Waals surface area contributed by atoms with E-state index in [1.807, 2.05) is 6.08 Å². The number of anilines is 1. The van der Waals surface area contributed by atoms with Crippen LogP contribution in [0, 0.1) is 23.7 Å². The molecular weight excluding hydrogens is 745 g/mol. The summed E-state index contributed by atoms with van der Waals surface area (Å²) in [6.45, 7) is 0.154. The zero-order chi connectivity index (χ0) is 37.8. The van der Waals surface area contributed by atoms with E-state index in [4.69, 9.17) is 44.6 Å². The van der Waals surface area contributed by atoms with Crippen molar-refractivity contribution < 1.29 is 38.9 Å². The molecule has 0 spiro atoms. The van der Waals surface area contributed by atoms with Crippen molar-refractivity contribution in [3.8, 4) is 11.5 Å². The highest BCUT2D eigenvalue weighted by atomic mass is 35.5. The number of aliphatic carboxylic acids is 1. The highest BCUT2D eigenvalue weighted by Crippen LogP contribution is 2.65. The maximum atomic E-state index is 15.3. The number of amides is 4. The van der Waals surface area contributed by atoms with Crippen LogP contribution in [0.4, 0.5) is 5.69 Å². The van der Waals surface area contributed by atoms with E-state index in [1.54, 1.807) is 42.5 Å². The molecule has 4 aliphatic rings. The maximum Gasteiger partial charge on any atom is 0.303 e. The van der Waals surface area contributed by atoms with Gasteiger partial charge in [-0.05, 0) is 85.7 Å². The number of nitrogens with one attached hydrogen (secondary N) is 1. The summed E-state index contributed by atoms with van der Waals surface area (Å²) in [5.41, 5.74) is 2.99. The molecule has 11 nitrogen and oxygen atoms in total. The molecule has 3 fully saturated rings. The number of hydrazine groups is 1. The molecule has 3 N–H and O–H groups in total. The minimum Gasteiger partial charge on any atom is -0.508 e. The third-order valence-corrected chi connectivity index (χ3v) is 12.0. The topological polar surface area (TPSA) is 154 Å². The number of carboxylic acid groups (broad SMARTS) is 1. The Morgan fingerprint density at radius 1 is 0.906 bits per heavy atom. The Bertz CT molecular complexity index is 2060. The normalized spacial score (nSPS) is 26.3. The number of allylic oxidation sites excluding steroid dienone is 2. The molecule has 2 heterocycles. The lowest BCUT2D eigenvalue weighted by molar-refractivity contribution is -0.141. The number of fused-ring (bicyclic) bond motifs is 4. The summed E-state index contributed by atoms with van der Waals surface area (Å²) in [6, 6.07) is 16.0. The minimum absolute atomic E-state index is 0.000411. The van der Waals surface area contributed by atoms with Crippen molar-refractivity contribution in [1.29, 1.82) is 0 Å². The quantitative estimate of drug-likeness (QED) is 0.106. The van der Waals surface area contributed by atoms with Gasteiger partial charge in [0.2, 0.25) is 11.8 Å². The highest BCUT2D eigenvalue weighted by Gasteiger charge is 2.70.